The Bertz CT molecular complexity index is 350. The lowest BCUT2D eigenvalue weighted by Crippen LogP contribution is -2.30. The second-order valence-corrected chi connectivity index (χ2v) is 4.32. The maximum Gasteiger partial charge on any atom is 0.246 e. The lowest BCUT2D eigenvalue weighted by atomic mass is 10.2. The maximum absolute atomic E-state index is 2.48. The molecule has 0 N–H and O–H groups in total. The number of benzene rings is 1. The average Bonchev–Trinajstić information content (AvgIpc) is 2.67. The molecule has 0 amide bonds. The molecule has 2 rings (SSSR count). The second kappa shape index (κ2) is 4.47. The van der Waals surface area contributed by atoms with E-state index in [0.29, 0.717) is 0 Å². The standard InChI is InChI=1S/C13H19N2/c1-14(2)13-9-6-10-15(13)11-12-7-4-3-5-8-12/h3-5,7-8H,6,9-11H2,1-2H3/q+1. The van der Waals surface area contributed by atoms with Gasteiger partial charge >= 0.3 is 0 Å². The highest BCUT2D eigenvalue weighted by Gasteiger charge is 2.26. The minimum Gasteiger partial charge on any atom is -0.271 e. The third-order valence-electron chi connectivity index (χ3n) is 2.93. The topological polar surface area (TPSA) is 6.25 Å². The molecule has 0 atom stereocenters. The fraction of sp³-hybridized carbons (Fsp3) is 0.462. The van der Waals surface area contributed by atoms with Crippen molar-refractivity contribution in [1.82, 2.24) is 4.90 Å². The highest BCUT2D eigenvalue weighted by Crippen LogP contribution is 2.14. The molecule has 0 aliphatic carbocycles. The van der Waals surface area contributed by atoms with Gasteiger partial charge < -0.3 is 0 Å². The molecule has 0 aromatic heterocycles. The van der Waals surface area contributed by atoms with Crippen molar-refractivity contribution in [2.24, 2.45) is 0 Å². The first-order valence-corrected chi connectivity index (χ1v) is 5.59. The van der Waals surface area contributed by atoms with Crippen molar-refractivity contribution in [1.29, 1.82) is 0 Å². The van der Waals surface area contributed by atoms with Crippen LogP contribution in [-0.4, -0.2) is 36.0 Å². The van der Waals surface area contributed by atoms with Gasteiger partial charge in [-0.1, -0.05) is 30.3 Å². The number of likely N-dealkylation sites (tertiary alicyclic amines) is 1. The Morgan fingerprint density at radius 2 is 1.93 bits per heavy atom. The molecule has 0 unspecified atom stereocenters. The quantitative estimate of drug-likeness (QED) is 0.666. The van der Waals surface area contributed by atoms with Gasteiger partial charge in [-0.25, -0.2) is 0 Å². The van der Waals surface area contributed by atoms with Gasteiger partial charge in [-0.3, -0.25) is 9.48 Å². The van der Waals surface area contributed by atoms with E-state index in [-0.39, 0.29) is 0 Å². The van der Waals surface area contributed by atoms with Gasteiger partial charge in [0.25, 0.3) is 0 Å². The van der Waals surface area contributed by atoms with E-state index in [2.05, 4.69) is 53.9 Å². The lowest BCUT2D eigenvalue weighted by Gasteiger charge is -2.13. The van der Waals surface area contributed by atoms with Crippen LogP contribution in [0.25, 0.3) is 0 Å². The highest BCUT2D eigenvalue weighted by molar-refractivity contribution is 5.79. The molecule has 1 aliphatic heterocycles. The minimum absolute atomic E-state index is 1.05. The monoisotopic (exact) mass is 203 g/mol. The highest BCUT2D eigenvalue weighted by atomic mass is 15.2. The summed E-state index contributed by atoms with van der Waals surface area (Å²) in [4.78, 5) is 2.48. The smallest absolute Gasteiger partial charge is 0.246 e. The average molecular weight is 203 g/mol. The molecule has 1 aromatic carbocycles. The fourth-order valence-corrected chi connectivity index (χ4v) is 2.20. The number of hydrogen-bond donors (Lipinski definition) is 0. The Labute approximate surface area is 91.8 Å². The lowest BCUT2D eigenvalue weighted by molar-refractivity contribution is -0.470. The molecule has 0 saturated carbocycles. The van der Waals surface area contributed by atoms with Gasteiger partial charge in [0.05, 0.1) is 27.1 Å². The second-order valence-electron chi connectivity index (χ2n) is 4.32. The van der Waals surface area contributed by atoms with Gasteiger partial charge in [0.2, 0.25) is 5.84 Å². The molecule has 1 fully saturated rings. The van der Waals surface area contributed by atoms with Gasteiger partial charge in [-0.15, -0.1) is 0 Å². The van der Waals surface area contributed by atoms with Crippen molar-refractivity contribution in [3.63, 3.8) is 0 Å². The fourth-order valence-electron chi connectivity index (χ4n) is 2.20. The van der Waals surface area contributed by atoms with Crippen molar-refractivity contribution in [3.8, 4) is 0 Å². The van der Waals surface area contributed by atoms with Gasteiger partial charge in [0.15, 0.2) is 0 Å². The summed E-state index contributed by atoms with van der Waals surface area (Å²) in [5, 5.41) is 0. The number of hydrogen-bond acceptors (Lipinski definition) is 0. The molecule has 1 heterocycles. The van der Waals surface area contributed by atoms with Crippen LogP contribution < -0.4 is 0 Å². The minimum atomic E-state index is 1.05. The van der Waals surface area contributed by atoms with E-state index in [9.17, 15) is 0 Å². The zero-order valence-electron chi connectivity index (χ0n) is 9.61. The van der Waals surface area contributed by atoms with Gasteiger partial charge in [0, 0.05) is 0 Å². The summed E-state index contributed by atoms with van der Waals surface area (Å²) in [5.74, 6) is 1.47. The molecule has 1 aliphatic rings. The first kappa shape index (κ1) is 10.2. The first-order valence-electron chi connectivity index (χ1n) is 5.59. The third kappa shape index (κ3) is 2.38. The molecule has 80 valence electrons. The van der Waals surface area contributed by atoms with Crippen LogP contribution in [0.3, 0.4) is 0 Å². The Hall–Kier alpha value is -1.31. The van der Waals surface area contributed by atoms with Crippen LogP contribution in [0.2, 0.25) is 0 Å². The Kier molecular flexibility index (Phi) is 3.05. The van der Waals surface area contributed by atoms with Gasteiger partial charge in [-0.05, 0) is 12.0 Å². The van der Waals surface area contributed by atoms with Gasteiger partial charge in [0.1, 0.15) is 6.54 Å². The van der Waals surface area contributed by atoms with Crippen molar-refractivity contribution < 1.29 is 4.58 Å². The largest absolute Gasteiger partial charge is 0.271 e. The van der Waals surface area contributed by atoms with Crippen LogP contribution in [0.15, 0.2) is 30.3 Å². The van der Waals surface area contributed by atoms with Crippen LogP contribution in [0.1, 0.15) is 18.4 Å². The number of amidine groups is 1. The summed E-state index contributed by atoms with van der Waals surface area (Å²) in [6.07, 6.45) is 2.51. The zero-order valence-corrected chi connectivity index (χ0v) is 9.61. The van der Waals surface area contributed by atoms with Crippen LogP contribution in [0.4, 0.5) is 0 Å². The van der Waals surface area contributed by atoms with Crippen LogP contribution in [0.5, 0.6) is 0 Å². The summed E-state index contributed by atoms with van der Waals surface area (Å²) in [6, 6.07) is 10.7. The molecule has 0 radical (unpaired) electrons. The molecule has 2 nitrogen and oxygen atoms in total. The summed E-state index contributed by atoms with van der Waals surface area (Å²) in [6.45, 7) is 2.25. The zero-order chi connectivity index (χ0) is 10.7. The number of nitrogens with zero attached hydrogens (tertiary/aromatic N) is 2. The SMILES string of the molecule is C[N+](C)=C1CCCN1Cc1ccccc1. The molecule has 1 aromatic rings. The van der Waals surface area contributed by atoms with Gasteiger partial charge in [-0.2, -0.15) is 0 Å². The van der Waals surface area contributed by atoms with E-state index in [1.54, 1.807) is 0 Å². The van der Waals surface area contributed by atoms with E-state index in [4.69, 9.17) is 0 Å². The predicted octanol–water partition coefficient (Wildman–Crippen LogP) is 1.95. The molecular formula is C13H19N2+. The normalized spacial score (nSPS) is 15.9. The Morgan fingerprint density at radius 1 is 1.20 bits per heavy atom. The van der Waals surface area contributed by atoms with E-state index < -0.39 is 0 Å². The molecular weight excluding hydrogens is 184 g/mol. The van der Waals surface area contributed by atoms with Crippen LogP contribution >= 0.6 is 0 Å². The van der Waals surface area contributed by atoms with Crippen molar-refractivity contribution in [2.75, 3.05) is 20.6 Å². The molecule has 0 bridgehead atoms. The summed E-state index contributed by atoms with van der Waals surface area (Å²) in [7, 11) is 4.28. The van der Waals surface area contributed by atoms with Crippen molar-refractivity contribution >= 4 is 5.84 Å². The summed E-state index contributed by atoms with van der Waals surface area (Å²) >= 11 is 0. The van der Waals surface area contributed by atoms with Crippen LogP contribution in [0, 0.1) is 0 Å². The van der Waals surface area contributed by atoms with Crippen LogP contribution in [-0.2, 0) is 6.54 Å². The van der Waals surface area contributed by atoms with E-state index in [1.165, 1.54) is 30.8 Å². The molecule has 2 heteroatoms. The summed E-state index contributed by atoms with van der Waals surface area (Å²) in [5.41, 5.74) is 1.40. The maximum atomic E-state index is 2.48. The Balaban J connectivity index is 2.10. The Morgan fingerprint density at radius 3 is 2.60 bits per heavy atom. The van der Waals surface area contributed by atoms with E-state index in [0.717, 1.165) is 6.54 Å². The van der Waals surface area contributed by atoms with E-state index in [1.807, 2.05) is 0 Å². The summed E-state index contributed by atoms with van der Waals surface area (Å²) < 4.78 is 2.25. The molecule has 0 spiro atoms. The third-order valence-corrected chi connectivity index (χ3v) is 2.93. The van der Waals surface area contributed by atoms with Crippen molar-refractivity contribution in [2.45, 2.75) is 19.4 Å². The van der Waals surface area contributed by atoms with Crippen molar-refractivity contribution in [3.05, 3.63) is 35.9 Å². The predicted molar refractivity (Wildman–Crippen MR) is 63.2 cm³/mol. The number of rotatable bonds is 2. The van der Waals surface area contributed by atoms with E-state index >= 15 is 0 Å². The molecule has 15 heavy (non-hydrogen) atoms. The first-order chi connectivity index (χ1) is 7.27. The molecule has 1 saturated heterocycles.